The lowest BCUT2D eigenvalue weighted by Crippen LogP contribution is -2.41. The Hall–Kier alpha value is -0.0800. The predicted molar refractivity (Wildman–Crippen MR) is 58.0 cm³/mol. The summed E-state index contributed by atoms with van der Waals surface area (Å²) >= 11 is 0. The molecule has 0 aliphatic rings. The van der Waals surface area contributed by atoms with Crippen molar-refractivity contribution in [3.8, 4) is 0 Å². The van der Waals surface area contributed by atoms with Crippen molar-refractivity contribution < 1.29 is 4.74 Å². The molecule has 0 aliphatic heterocycles. The summed E-state index contributed by atoms with van der Waals surface area (Å²) in [6, 6.07) is 0.427. The molecule has 2 nitrogen and oxygen atoms in total. The fourth-order valence-electron chi connectivity index (χ4n) is 0.932. The molecule has 0 bridgehead atoms. The molecule has 0 heterocycles. The zero-order chi connectivity index (χ0) is 10.5. The maximum absolute atomic E-state index is 5.25. The lowest BCUT2D eigenvalue weighted by Gasteiger charge is -2.27. The maximum atomic E-state index is 5.25. The van der Waals surface area contributed by atoms with Gasteiger partial charge in [-0.3, -0.25) is 0 Å². The third-order valence-electron chi connectivity index (χ3n) is 2.94. The third-order valence-corrected chi connectivity index (χ3v) is 2.94. The molecule has 2 unspecified atom stereocenters. The normalized spacial score (nSPS) is 17.1. The van der Waals surface area contributed by atoms with Crippen LogP contribution in [0.5, 0.6) is 0 Å². The Bertz CT molecular complexity index is 134. The van der Waals surface area contributed by atoms with Gasteiger partial charge in [-0.25, -0.2) is 0 Å². The Labute approximate surface area is 83.1 Å². The van der Waals surface area contributed by atoms with Crippen LogP contribution in [-0.4, -0.2) is 25.8 Å². The topological polar surface area (TPSA) is 21.3 Å². The number of hydrogen-bond donors (Lipinski definition) is 1. The summed E-state index contributed by atoms with van der Waals surface area (Å²) in [5.41, 5.74) is 0.391. The molecule has 2 heteroatoms. The Morgan fingerprint density at radius 1 is 1.31 bits per heavy atom. The first kappa shape index (κ1) is 12.9. The van der Waals surface area contributed by atoms with Crippen LogP contribution in [0.2, 0.25) is 0 Å². The van der Waals surface area contributed by atoms with Crippen molar-refractivity contribution in [2.75, 3.05) is 13.7 Å². The number of hydrogen-bond acceptors (Lipinski definition) is 2. The van der Waals surface area contributed by atoms with Gasteiger partial charge in [-0.2, -0.15) is 0 Å². The van der Waals surface area contributed by atoms with Crippen LogP contribution in [0.3, 0.4) is 0 Å². The molecule has 0 spiro atoms. The highest BCUT2D eigenvalue weighted by molar-refractivity contribution is 4.74. The highest BCUT2D eigenvalue weighted by Crippen LogP contribution is 2.18. The quantitative estimate of drug-likeness (QED) is 0.689. The van der Waals surface area contributed by atoms with E-state index in [9.17, 15) is 0 Å². The molecule has 0 amide bonds. The third kappa shape index (κ3) is 5.27. The minimum absolute atomic E-state index is 0.285. The molecule has 0 aromatic rings. The van der Waals surface area contributed by atoms with Gasteiger partial charge in [0.25, 0.3) is 0 Å². The number of ether oxygens (including phenoxy) is 1. The van der Waals surface area contributed by atoms with Crippen LogP contribution in [-0.2, 0) is 4.74 Å². The smallest absolute Gasteiger partial charge is 0.0693 e. The van der Waals surface area contributed by atoms with Gasteiger partial charge in [0.2, 0.25) is 0 Å². The molecular weight excluding hydrogens is 162 g/mol. The van der Waals surface area contributed by atoms with Crippen molar-refractivity contribution in [3.63, 3.8) is 0 Å². The minimum Gasteiger partial charge on any atom is -0.380 e. The zero-order valence-electron chi connectivity index (χ0n) is 9.98. The van der Waals surface area contributed by atoms with E-state index in [0.29, 0.717) is 11.5 Å². The second-order valence-corrected chi connectivity index (χ2v) is 4.63. The monoisotopic (exact) mass is 187 g/mol. The molecule has 0 aromatic heterocycles. The van der Waals surface area contributed by atoms with E-state index < -0.39 is 0 Å². The van der Waals surface area contributed by atoms with E-state index in [1.807, 2.05) is 0 Å². The van der Waals surface area contributed by atoms with Gasteiger partial charge < -0.3 is 10.1 Å². The van der Waals surface area contributed by atoms with Crippen LogP contribution in [0.15, 0.2) is 0 Å². The van der Waals surface area contributed by atoms with E-state index in [1.54, 1.807) is 7.11 Å². The average Bonchev–Trinajstić information content (AvgIpc) is 2.13. The molecule has 0 radical (unpaired) electrons. The predicted octanol–water partition coefficient (Wildman–Crippen LogP) is 2.44. The summed E-state index contributed by atoms with van der Waals surface area (Å²) in [7, 11) is 1.76. The van der Waals surface area contributed by atoms with Crippen LogP contribution in [0.1, 0.15) is 41.0 Å². The summed E-state index contributed by atoms with van der Waals surface area (Å²) in [5, 5.41) is 3.50. The second-order valence-electron chi connectivity index (χ2n) is 4.63. The standard InChI is InChI=1S/C11H25NO/c1-7-11(4,5)8-12-9(2)10(3)13-6/h9-10,12H,7-8H2,1-6H3. The fraction of sp³-hybridized carbons (Fsp3) is 1.00. The Morgan fingerprint density at radius 2 is 1.85 bits per heavy atom. The molecule has 0 fully saturated rings. The second kappa shape index (κ2) is 5.61. The number of rotatable bonds is 6. The Kier molecular flexibility index (Phi) is 5.57. The van der Waals surface area contributed by atoms with Gasteiger partial charge in [0.05, 0.1) is 6.10 Å². The van der Waals surface area contributed by atoms with Gasteiger partial charge in [0, 0.05) is 19.7 Å². The molecule has 2 atom stereocenters. The summed E-state index contributed by atoms with van der Waals surface area (Å²) in [5.74, 6) is 0. The largest absolute Gasteiger partial charge is 0.380 e. The van der Waals surface area contributed by atoms with Gasteiger partial charge in [0.1, 0.15) is 0 Å². The van der Waals surface area contributed by atoms with Crippen molar-refractivity contribution >= 4 is 0 Å². The van der Waals surface area contributed by atoms with E-state index in [4.69, 9.17) is 4.74 Å². The number of methoxy groups -OCH3 is 1. The Morgan fingerprint density at radius 3 is 2.23 bits per heavy atom. The van der Waals surface area contributed by atoms with E-state index >= 15 is 0 Å². The van der Waals surface area contributed by atoms with Crippen molar-refractivity contribution in [1.29, 1.82) is 0 Å². The van der Waals surface area contributed by atoms with E-state index in [-0.39, 0.29) is 6.10 Å². The van der Waals surface area contributed by atoms with Gasteiger partial charge in [-0.1, -0.05) is 20.8 Å². The summed E-state index contributed by atoms with van der Waals surface area (Å²) in [6.45, 7) is 12.1. The van der Waals surface area contributed by atoms with Crippen molar-refractivity contribution in [1.82, 2.24) is 5.32 Å². The zero-order valence-corrected chi connectivity index (χ0v) is 9.98. The Balaban J connectivity index is 3.75. The van der Waals surface area contributed by atoms with Crippen LogP contribution < -0.4 is 5.32 Å². The fourth-order valence-corrected chi connectivity index (χ4v) is 0.932. The van der Waals surface area contributed by atoms with Crippen molar-refractivity contribution in [2.45, 2.75) is 53.2 Å². The molecule has 0 rings (SSSR count). The maximum Gasteiger partial charge on any atom is 0.0693 e. The molecule has 0 saturated heterocycles. The van der Waals surface area contributed by atoms with Crippen molar-refractivity contribution in [3.05, 3.63) is 0 Å². The van der Waals surface area contributed by atoms with Crippen LogP contribution in [0, 0.1) is 5.41 Å². The number of nitrogens with one attached hydrogen (secondary N) is 1. The molecule has 13 heavy (non-hydrogen) atoms. The van der Waals surface area contributed by atoms with Crippen LogP contribution in [0.25, 0.3) is 0 Å². The van der Waals surface area contributed by atoms with Gasteiger partial charge in [-0.15, -0.1) is 0 Å². The summed E-state index contributed by atoms with van der Waals surface area (Å²) in [4.78, 5) is 0. The van der Waals surface area contributed by atoms with E-state index in [0.717, 1.165) is 6.54 Å². The molecule has 0 aliphatic carbocycles. The van der Waals surface area contributed by atoms with Gasteiger partial charge in [-0.05, 0) is 25.7 Å². The van der Waals surface area contributed by atoms with Gasteiger partial charge >= 0.3 is 0 Å². The summed E-state index contributed by atoms with van der Waals surface area (Å²) < 4.78 is 5.25. The van der Waals surface area contributed by atoms with Crippen LogP contribution in [0.4, 0.5) is 0 Å². The lowest BCUT2D eigenvalue weighted by atomic mass is 9.90. The molecule has 1 N–H and O–H groups in total. The minimum atomic E-state index is 0.285. The molecule has 0 aromatic carbocycles. The molecule has 80 valence electrons. The highest BCUT2D eigenvalue weighted by Gasteiger charge is 2.17. The van der Waals surface area contributed by atoms with E-state index in [1.165, 1.54) is 6.42 Å². The SMILES string of the molecule is CCC(C)(C)CNC(C)C(C)OC. The van der Waals surface area contributed by atoms with E-state index in [2.05, 4.69) is 39.9 Å². The highest BCUT2D eigenvalue weighted by atomic mass is 16.5. The lowest BCUT2D eigenvalue weighted by molar-refractivity contribution is 0.0845. The summed E-state index contributed by atoms with van der Waals surface area (Å²) in [6.07, 6.45) is 1.49. The van der Waals surface area contributed by atoms with Crippen LogP contribution >= 0.6 is 0 Å². The molecular formula is C11H25NO. The van der Waals surface area contributed by atoms with Crippen molar-refractivity contribution in [2.24, 2.45) is 5.41 Å². The average molecular weight is 187 g/mol. The van der Waals surface area contributed by atoms with Gasteiger partial charge in [0.15, 0.2) is 0 Å². The first-order chi connectivity index (χ1) is 5.93. The molecule has 0 saturated carbocycles. The first-order valence-electron chi connectivity index (χ1n) is 5.19. The first-order valence-corrected chi connectivity index (χ1v) is 5.19.